The number of rotatable bonds is 8. The molecule has 1 aromatic carbocycles. The van der Waals surface area contributed by atoms with Crippen LogP contribution in [0.1, 0.15) is 0 Å². The maximum Gasteiger partial charge on any atom is 0.371 e. The zero-order valence-electron chi connectivity index (χ0n) is 15.0. The lowest BCUT2D eigenvalue weighted by atomic mass is 10.1. The molecule has 0 aliphatic carbocycles. The summed E-state index contributed by atoms with van der Waals surface area (Å²) in [5.74, 6) is -0.387. The molecule has 0 fully saturated rings. The van der Waals surface area contributed by atoms with Gasteiger partial charge in [0.25, 0.3) is 5.82 Å². The second kappa shape index (κ2) is 9.72. The van der Waals surface area contributed by atoms with E-state index in [2.05, 4.69) is 51.8 Å². The molecule has 14 heteroatoms. The largest absolute Gasteiger partial charge is 0.610 e. The van der Waals surface area contributed by atoms with E-state index in [4.69, 9.17) is 14.6 Å². The Labute approximate surface area is 188 Å². The first kappa shape index (κ1) is 22.5. The van der Waals surface area contributed by atoms with Crippen molar-refractivity contribution in [2.45, 2.75) is 0 Å². The summed E-state index contributed by atoms with van der Waals surface area (Å²) in [4.78, 5) is 15.8. The average Bonchev–Trinajstić information content (AvgIpc) is 2.72. The second-order valence-corrected chi connectivity index (χ2v) is 8.91. The molecule has 3 N–H and O–H groups in total. The molecule has 1 atom stereocenters. The van der Waals surface area contributed by atoms with Gasteiger partial charge in [-0.15, -0.1) is 0 Å². The number of nitrogens with one attached hydrogen (secondary N) is 1. The van der Waals surface area contributed by atoms with Crippen molar-refractivity contribution in [3.05, 3.63) is 57.1 Å². The first-order valence-electron chi connectivity index (χ1n) is 8.17. The summed E-state index contributed by atoms with van der Waals surface area (Å²) in [7, 11) is -4.52. The Balaban J connectivity index is 1.85. The molecule has 3 aromatic rings. The zero-order valence-corrected chi connectivity index (χ0v) is 19.0. The fourth-order valence-corrected chi connectivity index (χ4v) is 3.18. The van der Waals surface area contributed by atoms with Gasteiger partial charge >= 0.3 is 16.2 Å². The molecule has 0 saturated carbocycles. The normalized spacial score (nSPS) is 12.4. The number of aromatic nitrogens is 4. The first-order valence-corrected chi connectivity index (χ1v) is 11.3. The summed E-state index contributed by atoms with van der Waals surface area (Å²) in [5, 5.41) is 17.3. The molecular formula is C16H14Br2N6O5S. The van der Waals surface area contributed by atoms with Gasteiger partial charge in [0.15, 0.2) is 0 Å². The molecule has 11 nitrogen and oxygen atoms in total. The average molecular weight is 562 g/mol. The minimum Gasteiger partial charge on any atom is -0.610 e. The third kappa shape index (κ3) is 5.68. The number of halogens is 2. The van der Waals surface area contributed by atoms with E-state index in [1.807, 2.05) is 0 Å². The molecule has 0 aliphatic rings. The minimum atomic E-state index is -4.52. The minimum absolute atomic E-state index is 0.000327. The highest BCUT2D eigenvalue weighted by atomic mass is 79.9. The molecular weight excluding hydrogens is 548 g/mol. The number of ether oxygens (including phenoxy) is 2. The molecule has 1 unspecified atom stereocenters. The standard InChI is InChI=1S/C16H14Br2N6O5S/c17-11-3-1-10(2-4-11)13-14(24(25)30(19,26)27)22-9-23-15(13)28-5-6-29-16-20-7-12(18)8-21-16/h1-4,7-9,24H,5-6H2,(H2,19,26,27). The number of quaternary nitrogens is 1. The van der Waals surface area contributed by atoms with E-state index in [0.29, 0.717) is 10.0 Å². The van der Waals surface area contributed by atoms with Gasteiger partial charge in [-0.25, -0.2) is 19.4 Å². The van der Waals surface area contributed by atoms with Gasteiger partial charge in [-0.3, -0.25) is 0 Å². The SMILES string of the molecule is NS(=O)(=O)[NH+]([O-])c1ncnc(OCCOc2ncc(Br)cn2)c1-c1ccc(Br)cc1. The Morgan fingerprint density at radius 2 is 1.60 bits per heavy atom. The van der Waals surface area contributed by atoms with Crippen LogP contribution in [-0.2, 0) is 10.2 Å². The number of benzene rings is 1. The third-order valence-corrected chi connectivity index (χ3v) is 5.20. The number of nitrogens with zero attached hydrogens (tertiary/aromatic N) is 4. The van der Waals surface area contributed by atoms with Crippen LogP contribution in [0, 0.1) is 5.21 Å². The van der Waals surface area contributed by atoms with E-state index in [1.165, 1.54) is 12.4 Å². The molecule has 30 heavy (non-hydrogen) atoms. The topological polar surface area (TPSA) is 158 Å². The molecule has 0 spiro atoms. The lowest BCUT2D eigenvalue weighted by Crippen LogP contribution is -3.06. The first-order chi connectivity index (χ1) is 14.3. The third-order valence-electron chi connectivity index (χ3n) is 3.55. The molecule has 0 saturated heterocycles. The van der Waals surface area contributed by atoms with E-state index < -0.39 is 14.7 Å². The summed E-state index contributed by atoms with van der Waals surface area (Å²) in [6.45, 7) is 0.0901. The van der Waals surface area contributed by atoms with Gasteiger partial charge in [0.05, 0.1) is 4.47 Å². The monoisotopic (exact) mass is 560 g/mol. The maximum atomic E-state index is 12.3. The summed E-state index contributed by atoms with van der Waals surface area (Å²) in [6.07, 6.45) is 4.09. The number of nitrogens with two attached hydrogens (primary N) is 1. The Kier molecular flexibility index (Phi) is 7.27. The van der Waals surface area contributed by atoms with Gasteiger partial charge in [0.1, 0.15) is 25.1 Å². The van der Waals surface area contributed by atoms with E-state index in [0.717, 1.165) is 10.8 Å². The summed E-state index contributed by atoms with van der Waals surface area (Å²) >= 11 is 6.54. The molecule has 2 aromatic heterocycles. The van der Waals surface area contributed by atoms with Crippen LogP contribution in [0.15, 0.2) is 51.9 Å². The van der Waals surface area contributed by atoms with Gasteiger partial charge in [-0.2, -0.15) is 18.5 Å². The van der Waals surface area contributed by atoms with Gasteiger partial charge in [0, 0.05) is 16.9 Å². The molecule has 0 aliphatic heterocycles. The Morgan fingerprint density at radius 1 is 0.967 bits per heavy atom. The van der Waals surface area contributed by atoms with Crippen molar-refractivity contribution >= 4 is 47.9 Å². The highest BCUT2D eigenvalue weighted by molar-refractivity contribution is 9.10. The van der Waals surface area contributed by atoms with Crippen LogP contribution < -0.4 is 19.1 Å². The van der Waals surface area contributed by atoms with E-state index in [-0.39, 0.29) is 36.5 Å². The maximum absolute atomic E-state index is 12.3. The summed E-state index contributed by atoms with van der Waals surface area (Å²) in [6, 6.07) is 6.89. The van der Waals surface area contributed by atoms with Crippen LogP contribution in [0.4, 0.5) is 5.82 Å². The van der Waals surface area contributed by atoms with Gasteiger partial charge < -0.3 is 14.7 Å². The number of hydrogen-bond donors (Lipinski definition) is 2. The van der Waals surface area contributed by atoms with Crippen LogP contribution in [0.3, 0.4) is 0 Å². The van der Waals surface area contributed by atoms with E-state index in [1.54, 1.807) is 24.3 Å². The van der Waals surface area contributed by atoms with Gasteiger partial charge in [-0.05, 0) is 33.6 Å². The Hall–Kier alpha value is -2.23. The fraction of sp³-hybridized carbons (Fsp3) is 0.125. The molecule has 0 bridgehead atoms. The van der Waals surface area contributed by atoms with Crippen LogP contribution >= 0.6 is 31.9 Å². The molecule has 158 valence electrons. The van der Waals surface area contributed by atoms with Crippen molar-refractivity contribution in [2.75, 3.05) is 13.2 Å². The van der Waals surface area contributed by atoms with E-state index >= 15 is 0 Å². The highest BCUT2D eigenvalue weighted by Crippen LogP contribution is 2.33. The highest BCUT2D eigenvalue weighted by Gasteiger charge is 2.26. The van der Waals surface area contributed by atoms with Crippen molar-refractivity contribution < 1.29 is 22.4 Å². The van der Waals surface area contributed by atoms with Crippen molar-refractivity contribution in [3.63, 3.8) is 0 Å². The van der Waals surface area contributed by atoms with Crippen molar-refractivity contribution in [1.29, 1.82) is 0 Å². The van der Waals surface area contributed by atoms with Crippen LogP contribution in [0.2, 0.25) is 0 Å². The Morgan fingerprint density at radius 3 is 2.23 bits per heavy atom. The lowest BCUT2D eigenvalue weighted by Gasteiger charge is -2.20. The van der Waals surface area contributed by atoms with Crippen molar-refractivity contribution in [1.82, 2.24) is 19.9 Å². The molecule has 0 amide bonds. The quantitative estimate of drug-likeness (QED) is 0.304. The summed E-state index contributed by atoms with van der Waals surface area (Å²) < 4.78 is 34.4. The molecule has 3 rings (SSSR count). The van der Waals surface area contributed by atoms with Crippen LogP contribution in [0.25, 0.3) is 11.1 Å². The van der Waals surface area contributed by atoms with Crippen molar-refractivity contribution in [2.24, 2.45) is 5.14 Å². The van der Waals surface area contributed by atoms with Gasteiger partial charge in [0.2, 0.25) is 5.88 Å². The molecule has 0 radical (unpaired) electrons. The van der Waals surface area contributed by atoms with Gasteiger partial charge in [-0.1, -0.05) is 28.1 Å². The van der Waals surface area contributed by atoms with Crippen molar-refractivity contribution in [3.8, 4) is 23.0 Å². The fourth-order valence-electron chi connectivity index (χ4n) is 2.29. The second-order valence-electron chi connectivity index (χ2n) is 5.62. The lowest BCUT2D eigenvalue weighted by molar-refractivity contribution is -0.628. The zero-order chi connectivity index (χ0) is 21.7. The predicted octanol–water partition coefficient (Wildman–Crippen LogP) is 1.13. The van der Waals surface area contributed by atoms with Crippen LogP contribution in [0.5, 0.6) is 11.9 Å². The smallest absolute Gasteiger partial charge is 0.371 e. The Bertz CT molecular complexity index is 1120. The summed E-state index contributed by atoms with van der Waals surface area (Å²) in [5.41, 5.74) is 0.571. The molecule has 2 heterocycles. The number of hydrogen-bond acceptors (Lipinski definition) is 9. The predicted molar refractivity (Wildman–Crippen MR) is 113 cm³/mol. The van der Waals surface area contributed by atoms with Crippen LogP contribution in [-0.4, -0.2) is 41.6 Å². The van der Waals surface area contributed by atoms with E-state index in [9.17, 15) is 13.6 Å².